The standard InChI is InChI=1S/C39H46N2O4/c1-26(16-28-8-5-9-32(20-28)44-15-14-39-21-29-17-30(22-39)19-31(18-29)23-39)40-24-35(42)33-10-12-36(38-34(33)11-13-37(43)41-38)45-25-27-6-3-2-4-7-27/h2-13,20,26,29-31,35,40,42H,14-19,21-25H2,1H3,(H,41,43)/t26-,29?,30?,31?,35-,39?/m0/s1. The molecular weight excluding hydrogens is 560 g/mol. The molecule has 2 atom stereocenters. The normalized spacial score (nSPS) is 24.9. The van der Waals surface area contributed by atoms with Crippen LogP contribution in [0.3, 0.4) is 0 Å². The van der Waals surface area contributed by atoms with Crippen LogP contribution in [0.1, 0.15) is 74.7 Å². The zero-order chi connectivity index (χ0) is 30.8. The van der Waals surface area contributed by atoms with Gasteiger partial charge in [0.1, 0.15) is 18.1 Å². The molecule has 6 heteroatoms. The van der Waals surface area contributed by atoms with Gasteiger partial charge in [0.05, 0.1) is 18.2 Å². The van der Waals surface area contributed by atoms with E-state index < -0.39 is 6.10 Å². The number of aromatic nitrogens is 1. The number of ether oxygens (including phenoxy) is 2. The van der Waals surface area contributed by atoms with Crippen LogP contribution in [0, 0.1) is 23.2 Å². The SMILES string of the molecule is C[C@@H](Cc1cccc(OCCC23CC4CC(CC(C4)C2)C3)c1)NC[C@H](O)c1ccc(OCc2ccccc2)c2[nH]c(=O)ccc12. The van der Waals surface area contributed by atoms with E-state index in [0.717, 1.165) is 53.0 Å². The lowest BCUT2D eigenvalue weighted by molar-refractivity contribution is -0.0622. The van der Waals surface area contributed by atoms with Gasteiger partial charge in [-0.1, -0.05) is 48.5 Å². The predicted octanol–water partition coefficient (Wildman–Crippen LogP) is 7.35. The van der Waals surface area contributed by atoms with Gasteiger partial charge in [0, 0.05) is 24.0 Å². The van der Waals surface area contributed by atoms with Crippen molar-refractivity contribution >= 4 is 10.9 Å². The van der Waals surface area contributed by atoms with E-state index >= 15 is 0 Å². The third kappa shape index (κ3) is 6.97. The first kappa shape index (κ1) is 30.1. The molecule has 0 radical (unpaired) electrons. The van der Waals surface area contributed by atoms with Crippen LogP contribution in [0.2, 0.25) is 0 Å². The van der Waals surface area contributed by atoms with Crippen LogP contribution in [0.15, 0.2) is 83.7 Å². The van der Waals surface area contributed by atoms with E-state index in [1.807, 2.05) is 42.5 Å². The van der Waals surface area contributed by atoms with Crippen LogP contribution < -0.4 is 20.3 Å². The van der Waals surface area contributed by atoms with Crippen molar-refractivity contribution in [2.75, 3.05) is 13.2 Å². The van der Waals surface area contributed by atoms with Crippen molar-refractivity contribution in [3.05, 3.63) is 106 Å². The second kappa shape index (κ2) is 13.0. The number of nitrogens with one attached hydrogen (secondary N) is 2. The van der Waals surface area contributed by atoms with Crippen LogP contribution >= 0.6 is 0 Å². The summed E-state index contributed by atoms with van der Waals surface area (Å²) in [7, 11) is 0. The van der Waals surface area contributed by atoms with Crippen molar-refractivity contribution < 1.29 is 14.6 Å². The fraction of sp³-hybridized carbons (Fsp3) is 0.462. The molecule has 8 rings (SSSR count). The Morgan fingerprint density at radius 3 is 2.38 bits per heavy atom. The second-order valence-corrected chi connectivity index (χ2v) is 14.2. The Bertz CT molecular complexity index is 1630. The van der Waals surface area contributed by atoms with E-state index in [2.05, 4.69) is 41.5 Å². The van der Waals surface area contributed by atoms with Gasteiger partial charge in [-0.2, -0.15) is 0 Å². The first-order valence-corrected chi connectivity index (χ1v) is 16.9. The van der Waals surface area contributed by atoms with Crippen LogP contribution in [-0.4, -0.2) is 29.3 Å². The highest BCUT2D eigenvalue weighted by Crippen LogP contribution is 2.61. The Balaban J connectivity index is 0.931. The molecule has 0 spiro atoms. The number of hydrogen-bond donors (Lipinski definition) is 3. The Hall–Kier alpha value is -3.61. The van der Waals surface area contributed by atoms with Crippen molar-refractivity contribution in [3.8, 4) is 11.5 Å². The highest BCUT2D eigenvalue weighted by atomic mass is 16.5. The Morgan fingerprint density at radius 1 is 0.889 bits per heavy atom. The molecule has 0 saturated heterocycles. The average molecular weight is 607 g/mol. The molecule has 1 aromatic heterocycles. The minimum absolute atomic E-state index is 0.154. The lowest BCUT2D eigenvalue weighted by Crippen LogP contribution is -2.46. The van der Waals surface area contributed by atoms with Crippen molar-refractivity contribution in [1.29, 1.82) is 0 Å². The van der Waals surface area contributed by atoms with Gasteiger partial charge in [-0.3, -0.25) is 4.79 Å². The van der Waals surface area contributed by atoms with Gasteiger partial charge in [-0.05, 0) is 122 Å². The summed E-state index contributed by atoms with van der Waals surface area (Å²) >= 11 is 0. The summed E-state index contributed by atoms with van der Waals surface area (Å²) in [6, 6.07) is 25.5. The number of aliphatic hydroxyl groups is 1. The smallest absolute Gasteiger partial charge is 0.248 e. The summed E-state index contributed by atoms with van der Waals surface area (Å²) in [5, 5.41) is 15.5. The summed E-state index contributed by atoms with van der Waals surface area (Å²) < 4.78 is 12.4. The Kier molecular flexibility index (Phi) is 8.70. The number of aromatic amines is 1. The number of aliphatic hydroxyl groups excluding tert-OH is 1. The summed E-state index contributed by atoms with van der Waals surface area (Å²) in [4.78, 5) is 15.1. The van der Waals surface area contributed by atoms with Crippen LogP contribution in [0.5, 0.6) is 11.5 Å². The molecule has 0 amide bonds. The third-order valence-corrected chi connectivity index (χ3v) is 10.7. The number of rotatable bonds is 13. The lowest BCUT2D eigenvalue weighted by Gasteiger charge is -2.57. The topological polar surface area (TPSA) is 83.6 Å². The van der Waals surface area contributed by atoms with E-state index in [1.165, 1.54) is 56.6 Å². The summed E-state index contributed by atoms with van der Waals surface area (Å²) in [6.07, 6.45) is 10.0. The maximum Gasteiger partial charge on any atom is 0.248 e. The molecule has 3 aromatic carbocycles. The molecule has 0 aliphatic heterocycles. The number of pyridine rings is 1. The zero-order valence-corrected chi connectivity index (χ0v) is 26.3. The molecule has 3 N–H and O–H groups in total. The highest BCUT2D eigenvalue weighted by Gasteiger charge is 2.50. The minimum Gasteiger partial charge on any atom is -0.494 e. The molecule has 4 aromatic rings. The number of fused-ring (bicyclic) bond motifs is 1. The molecule has 4 saturated carbocycles. The van der Waals surface area contributed by atoms with Gasteiger partial charge in [-0.15, -0.1) is 0 Å². The van der Waals surface area contributed by atoms with Crippen LogP contribution in [0.4, 0.5) is 0 Å². The monoisotopic (exact) mass is 606 g/mol. The molecular formula is C39H46N2O4. The fourth-order valence-corrected chi connectivity index (χ4v) is 8.99. The molecule has 4 aliphatic rings. The van der Waals surface area contributed by atoms with Gasteiger partial charge in [-0.25, -0.2) is 0 Å². The number of H-pyrrole nitrogens is 1. The molecule has 4 fully saturated rings. The first-order chi connectivity index (χ1) is 21.9. The Labute approximate surface area is 266 Å². The Morgan fingerprint density at radius 2 is 1.62 bits per heavy atom. The first-order valence-electron chi connectivity index (χ1n) is 16.9. The third-order valence-electron chi connectivity index (χ3n) is 10.7. The number of hydrogen-bond acceptors (Lipinski definition) is 5. The van der Waals surface area contributed by atoms with E-state index in [0.29, 0.717) is 29.8 Å². The maximum atomic E-state index is 12.2. The summed E-state index contributed by atoms with van der Waals surface area (Å²) in [6.45, 7) is 3.73. The van der Waals surface area contributed by atoms with Crippen molar-refractivity contribution in [2.45, 2.75) is 77.0 Å². The quantitative estimate of drug-likeness (QED) is 0.148. The summed E-state index contributed by atoms with van der Waals surface area (Å²) in [5.74, 6) is 4.48. The van der Waals surface area contributed by atoms with Gasteiger partial charge in [0.25, 0.3) is 0 Å². The molecule has 4 bridgehead atoms. The van der Waals surface area contributed by atoms with Crippen molar-refractivity contribution in [3.63, 3.8) is 0 Å². The van der Waals surface area contributed by atoms with Crippen LogP contribution in [-0.2, 0) is 13.0 Å². The molecule has 6 nitrogen and oxygen atoms in total. The average Bonchev–Trinajstić information content (AvgIpc) is 3.02. The van der Waals surface area contributed by atoms with Gasteiger partial charge in [0.15, 0.2) is 0 Å². The van der Waals surface area contributed by atoms with E-state index in [9.17, 15) is 9.90 Å². The number of benzene rings is 3. The fourth-order valence-electron chi connectivity index (χ4n) is 8.99. The van der Waals surface area contributed by atoms with Crippen molar-refractivity contribution in [2.24, 2.45) is 23.2 Å². The van der Waals surface area contributed by atoms with E-state index in [1.54, 1.807) is 6.07 Å². The molecule has 236 valence electrons. The lowest BCUT2D eigenvalue weighted by atomic mass is 9.49. The zero-order valence-electron chi connectivity index (χ0n) is 26.3. The molecule has 1 heterocycles. The highest BCUT2D eigenvalue weighted by molar-refractivity contribution is 5.87. The summed E-state index contributed by atoms with van der Waals surface area (Å²) in [5.41, 5.74) is 3.96. The van der Waals surface area contributed by atoms with E-state index in [-0.39, 0.29) is 11.6 Å². The predicted molar refractivity (Wildman–Crippen MR) is 179 cm³/mol. The maximum absolute atomic E-state index is 12.2. The molecule has 45 heavy (non-hydrogen) atoms. The van der Waals surface area contributed by atoms with Crippen molar-refractivity contribution in [1.82, 2.24) is 10.3 Å². The van der Waals surface area contributed by atoms with Gasteiger partial charge < -0.3 is 24.9 Å². The van der Waals surface area contributed by atoms with Gasteiger partial charge >= 0.3 is 0 Å². The van der Waals surface area contributed by atoms with Crippen LogP contribution in [0.25, 0.3) is 10.9 Å². The second-order valence-electron chi connectivity index (χ2n) is 14.2. The molecule has 4 aliphatic carbocycles. The van der Waals surface area contributed by atoms with E-state index in [4.69, 9.17) is 9.47 Å². The minimum atomic E-state index is -0.747. The largest absolute Gasteiger partial charge is 0.494 e. The molecule has 0 unspecified atom stereocenters. The van der Waals surface area contributed by atoms with Gasteiger partial charge in [0.2, 0.25) is 5.56 Å².